The molecule has 3 rings (SSSR count). The second kappa shape index (κ2) is 7.13. The first-order valence-corrected chi connectivity index (χ1v) is 8.53. The highest BCUT2D eigenvalue weighted by molar-refractivity contribution is 5.99. The maximum atomic E-state index is 12.8. The van der Waals surface area contributed by atoms with E-state index in [0.29, 0.717) is 18.3 Å². The Morgan fingerprint density at radius 1 is 1.29 bits per heavy atom. The Bertz CT molecular complexity index is 683. The van der Waals surface area contributed by atoms with Crippen molar-refractivity contribution in [3.05, 3.63) is 42.1 Å². The Labute approximate surface area is 142 Å². The van der Waals surface area contributed by atoms with Crippen molar-refractivity contribution in [2.24, 2.45) is 0 Å². The number of carbonyl (C=O) groups is 1. The molecule has 1 aliphatic rings. The second-order valence-corrected chi connectivity index (χ2v) is 6.38. The summed E-state index contributed by atoms with van der Waals surface area (Å²) in [6.07, 6.45) is 0.812. The Morgan fingerprint density at radius 2 is 2.04 bits per heavy atom. The van der Waals surface area contributed by atoms with Gasteiger partial charge in [0.05, 0.1) is 12.6 Å². The molecule has 1 atom stereocenters. The van der Waals surface area contributed by atoms with E-state index in [0.717, 1.165) is 25.2 Å². The first kappa shape index (κ1) is 16.6. The SMILES string of the molecule is CCN(Cc1nnc(C(C)C)o1)[C@@H]1CCN(c2ccccc2)C1=O. The predicted molar refractivity (Wildman–Crippen MR) is 91.7 cm³/mol. The average molecular weight is 328 g/mol. The fraction of sp³-hybridized carbons (Fsp3) is 0.500. The Balaban J connectivity index is 1.70. The van der Waals surface area contributed by atoms with Gasteiger partial charge in [0, 0.05) is 18.2 Å². The van der Waals surface area contributed by atoms with Crippen LogP contribution in [0, 0.1) is 0 Å². The molecule has 2 aromatic rings. The first-order valence-electron chi connectivity index (χ1n) is 8.53. The number of hydrogen-bond donors (Lipinski definition) is 0. The van der Waals surface area contributed by atoms with Gasteiger partial charge in [-0.25, -0.2) is 0 Å². The van der Waals surface area contributed by atoms with Gasteiger partial charge in [-0.05, 0) is 25.1 Å². The average Bonchev–Trinajstić information content (AvgIpc) is 3.20. The third-order valence-corrected chi connectivity index (χ3v) is 4.41. The Morgan fingerprint density at radius 3 is 2.67 bits per heavy atom. The van der Waals surface area contributed by atoms with Crippen molar-refractivity contribution in [2.75, 3.05) is 18.0 Å². The molecule has 1 aromatic carbocycles. The zero-order valence-corrected chi connectivity index (χ0v) is 14.5. The summed E-state index contributed by atoms with van der Waals surface area (Å²) in [5.74, 6) is 1.57. The molecule has 6 nitrogen and oxygen atoms in total. The van der Waals surface area contributed by atoms with Gasteiger partial charge in [-0.15, -0.1) is 10.2 Å². The lowest BCUT2D eigenvalue weighted by Crippen LogP contribution is -2.41. The number of anilines is 1. The number of benzene rings is 1. The summed E-state index contributed by atoms with van der Waals surface area (Å²) in [7, 11) is 0. The van der Waals surface area contributed by atoms with Crippen molar-refractivity contribution >= 4 is 11.6 Å². The van der Waals surface area contributed by atoms with E-state index < -0.39 is 0 Å². The van der Waals surface area contributed by atoms with Crippen molar-refractivity contribution in [1.29, 1.82) is 0 Å². The van der Waals surface area contributed by atoms with Crippen molar-refractivity contribution in [2.45, 2.75) is 45.7 Å². The summed E-state index contributed by atoms with van der Waals surface area (Å²) in [5, 5.41) is 8.19. The highest BCUT2D eigenvalue weighted by atomic mass is 16.4. The van der Waals surface area contributed by atoms with Crippen LogP contribution in [0.4, 0.5) is 5.69 Å². The molecule has 0 bridgehead atoms. The standard InChI is InChI=1S/C18H24N4O2/c1-4-21(12-16-19-20-17(24-16)13(2)3)15-10-11-22(18(15)23)14-8-6-5-7-9-14/h5-9,13,15H,4,10-12H2,1-3H3/t15-/m1/s1. The number of likely N-dealkylation sites (N-methyl/N-ethyl adjacent to an activating group) is 1. The van der Waals surface area contributed by atoms with E-state index in [9.17, 15) is 4.79 Å². The van der Waals surface area contributed by atoms with E-state index in [2.05, 4.69) is 22.0 Å². The molecule has 128 valence electrons. The molecule has 1 saturated heterocycles. The largest absolute Gasteiger partial charge is 0.424 e. The number of nitrogens with zero attached hydrogens (tertiary/aromatic N) is 4. The monoisotopic (exact) mass is 328 g/mol. The number of hydrogen-bond acceptors (Lipinski definition) is 5. The highest BCUT2D eigenvalue weighted by Gasteiger charge is 2.36. The molecule has 0 N–H and O–H groups in total. The molecule has 0 radical (unpaired) electrons. The maximum Gasteiger partial charge on any atom is 0.244 e. The van der Waals surface area contributed by atoms with Crippen LogP contribution < -0.4 is 4.90 Å². The number of amides is 1. The van der Waals surface area contributed by atoms with Crippen LogP contribution in [-0.2, 0) is 11.3 Å². The van der Waals surface area contributed by atoms with E-state index in [-0.39, 0.29) is 17.9 Å². The Hall–Kier alpha value is -2.21. The van der Waals surface area contributed by atoms with Gasteiger partial charge in [-0.1, -0.05) is 39.0 Å². The van der Waals surface area contributed by atoms with Gasteiger partial charge in [0.1, 0.15) is 0 Å². The smallest absolute Gasteiger partial charge is 0.244 e. The van der Waals surface area contributed by atoms with Crippen LogP contribution in [-0.4, -0.2) is 40.1 Å². The fourth-order valence-corrected chi connectivity index (χ4v) is 3.05. The van der Waals surface area contributed by atoms with Crippen LogP contribution in [0.1, 0.15) is 44.9 Å². The maximum absolute atomic E-state index is 12.8. The molecule has 1 fully saturated rings. The van der Waals surface area contributed by atoms with Crippen LogP contribution in [0.2, 0.25) is 0 Å². The van der Waals surface area contributed by atoms with Crippen LogP contribution in [0.5, 0.6) is 0 Å². The summed E-state index contributed by atoms with van der Waals surface area (Å²) < 4.78 is 5.69. The predicted octanol–water partition coefficient (Wildman–Crippen LogP) is 2.82. The molecule has 1 amide bonds. The van der Waals surface area contributed by atoms with E-state index in [1.807, 2.05) is 49.1 Å². The minimum Gasteiger partial charge on any atom is -0.424 e. The summed E-state index contributed by atoms with van der Waals surface area (Å²) in [6.45, 7) is 8.11. The highest BCUT2D eigenvalue weighted by Crippen LogP contribution is 2.25. The second-order valence-electron chi connectivity index (χ2n) is 6.38. The first-order chi connectivity index (χ1) is 11.6. The van der Waals surface area contributed by atoms with Gasteiger partial charge < -0.3 is 9.32 Å². The molecule has 0 unspecified atom stereocenters. The molecular formula is C18H24N4O2. The zero-order valence-electron chi connectivity index (χ0n) is 14.5. The molecule has 0 saturated carbocycles. The van der Waals surface area contributed by atoms with Gasteiger partial charge >= 0.3 is 0 Å². The van der Waals surface area contributed by atoms with E-state index in [1.165, 1.54) is 0 Å². The van der Waals surface area contributed by atoms with Crippen molar-refractivity contribution in [3.8, 4) is 0 Å². The van der Waals surface area contributed by atoms with Gasteiger partial charge in [-0.3, -0.25) is 9.69 Å². The van der Waals surface area contributed by atoms with Crippen molar-refractivity contribution < 1.29 is 9.21 Å². The van der Waals surface area contributed by atoms with Crippen LogP contribution in [0.3, 0.4) is 0 Å². The van der Waals surface area contributed by atoms with E-state index >= 15 is 0 Å². The quantitative estimate of drug-likeness (QED) is 0.816. The molecule has 1 aromatic heterocycles. The van der Waals surface area contributed by atoms with Gasteiger partial charge in [0.15, 0.2) is 0 Å². The molecule has 2 heterocycles. The summed E-state index contributed by atoms with van der Waals surface area (Å²) in [4.78, 5) is 16.8. The Kier molecular flexibility index (Phi) is 4.94. The topological polar surface area (TPSA) is 62.5 Å². The fourth-order valence-electron chi connectivity index (χ4n) is 3.05. The summed E-state index contributed by atoms with van der Waals surface area (Å²) in [6, 6.07) is 9.69. The molecule has 6 heteroatoms. The van der Waals surface area contributed by atoms with Gasteiger partial charge in [0.25, 0.3) is 0 Å². The van der Waals surface area contributed by atoms with Gasteiger partial charge in [-0.2, -0.15) is 0 Å². The van der Waals surface area contributed by atoms with E-state index in [4.69, 9.17) is 4.42 Å². The molecule has 0 spiro atoms. The van der Waals surface area contributed by atoms with E-state index in [1.54, 1.807) is 0 Å². The molecular weight excluding hydrogens is 304 g/mol. The summed E-state index contributed by atoms with van der Waals surface area (Å²) in [5.41, 5.74) is 0.959. The lowest BCUT2D eigenvalue weighted by atomic mass is 10.2. The normalized spacial score (nSPS) is 18.1. The molecule has 24 heavy (non-hydrogen) atoms. The number of rotatable bonds is 6. The van der Waals surface area contributed by atoms with Crippen molar-refractivity contribution in [1.82, 2.24) is 15.1 Å². The van der Waals surface area contributed by atoms with Crippen LogP contribution in [0.15, 0.2) is 34.7 Å². The van der Waals surface area contributed by atoms with Gasteiger partial charge in [0.2, 0.25) is 17.7 Å². The minimum absolute atomic E-state index is 0.135. The number of carbonyl (C=O) groups excluding carboxylic acids is 1. The number of para-hydroxylation sites is 1. The lowest BCUT2D eigenvalue weighted by Gasteiger charge is -2.25. The summed E-state index contributed by atoms with van der Waals surface area (Å²) >= 11 is 0. The molecule has 0 aliphatic carbocycles. The van der Waals surface area contributed by atoms with Crippen molar-refractivity contribution in [3.63, 3.8) is 0 Å². The number of aromatic nitrogens is 2. The third-order valence-electron chi connectivity index (χ3n) is 4.41. The molecule has 1 aliphatic heterocycles. The lowest BCUT2D eigenvalue weighted by molar-refractivity contribution is -0.121. The van der Waals surface area contributed by atoms with Crippen LogP contribution >= 0.6 is 0 Å². The zero-order chi connectivity index (χ0) is 17.1. The third kappa shape index (κ3) is 3.33. The minimum atomic E-state index is -0.135. The van der Waals surface area contributed by atoms with Crippen LogP contribution in [0.25, 0.3) is 0 Å².